The molecule has 0 aromatic rings. The molecule has 1 unspecified atom stereocenters. The predicted octanol–water partition coefficient (Wildman–Crippen LogP) is 1.22. The Morgan fingerprint density at radius 1 is 1.68 bits per heavy atom. The summed E-state index contributed by atoms with van der Waals surface area (Å²) >= 11 is 0. The van der Waals surface area contributed by atoms with E-state index in [1.807, 2.05) is 20.8 Å². The number of amidine groups is 1. The van der Waals surface area contributed by atoms with Crippen LogP contribution in [-0.4, -0.2) is 46.3 Å². The Hall–Kier alpha value is -1.76. The predicted molar refractivity (Wildman–Crippen MR) is 70.4 cm³/mol. The smallest absolute Gasteiger partial charge is 0.368 e. The lowest BCUT2D eigenvalue weighted by molar-refractivity contribution is -0.349. The molecule has 0 amide bonds. The van der Waals surface area contributed by atoms with Crippen LogP contribution in [-0.2, 0) is 9.53 Å². The van der Waals surface area contributed by atoms with Crippen molar-refractivity contribution in [2.45, 2.75) is 38.8 Å². The third kappa shape index (κ3) is 4.44. The molecule has 0 aromatic heterocycles. The zero-order chi connectivity index (χ0) is 14.6. The second-order valence-corrected chi connectivity index (χ2v) is 5.35. The molecule has 0 aliphatic carbocycles. The topological polar surface area (TPSA) is 85.0 Å². The number of carbonyl (C=O) groups excluding carboxylic acids is 1. The fourth-order valence-corrected chi connectivity index (χ4v) is 1.63. The van der Waals surface area contributed by atoms with Crippen molar-refractivity contribution < 1.29 is 14.5 Å². The van der Waals surface area contributed by atoms with Crippen LogP contribution in [0.15, 0.2) is 17.8 Å². The van der Waals surface area contributed by atoms with Gasteiger partial charge in [0.1, 0.15) is 6.61 Å². The SMILES string of the molecule is C=C/C(=N\N(CC1CC(=O)CO1)C(C)(C)C)[N+](=O)[O-]. The number of hydrogen-bond acceptors (Lipinski definition) is 6. The average Bonchev–Trinajstić information content (AvgIpc) is 2.68. The third-order valence-corrected chi connectivity index (χ3v) is 2.68. The quantitative estimate of drug-likeness (QED) is 0.331. The van der Waals surface area contributed by atoms with Crippen LogP contribution in [0, 0.1) is 10.1 Å². The third-order valence-electron chi connectivity index (χ3n) is 2.68. The van der Waals surface area contributed by atoms with Crippen molar-refractivity contribution in [3.8, 4) is 0 Å². The summed E-state index contributed by atoms with van der Waals surface area (Å²) in [6, 6.07) is 0. The fourth-order valence-electron chi connectivity index (χ4n) is 1.63. The zero-order valence-corrected chi connectivity index (χ0v) is 11.5. The van der Waals surface area contributed by atoms with Crippen LogP contribution in [0.4, 0.5) is 0 Å². The van der Waals surface area contributed by atoms with Crippen molar-refractivity contribution in [3.05, 3.63) is 22.8 Å². The molecule has 0 saturated carbocycles. The highest BCUT2D eigenvalue weighted by atomic mass is 16.6. The van der Waals surface area contributed by atoms with E-state index < -0.39 is 10.5 Å². The Morgan fingerprint density at radius 2 is 2.32 bits per heavy atom. The van der Waals surface area contributed by atoms with E-state index in [9.17, 15) is 14.9 Å². The molecule has 1 heterocycles. The minimum Gasteiger partial charge on any atom is -0.368 e. The Balaban J connectivity index is 2.86. The number of ketones is 1. The summed E-state index contributed by atoms with van der Waals surface area (Å²) in [5, 5.41) is 16.3. The van der Waals surface area contributed by atoms with Crippen molar-refractivity contribution >= 4 is 11.6 Å². The van der Waals surface area contributed by atoms with Crippen molar-refractivity contribution in [3.63, 3.8) is 0 Å². The first-order chi connectivity index (χ1) is 8.74. The van der Waals surface area contributed by atoms with E-state index in [-0.39, 0.29) is 24.3 Å². The van der Waals surface area contributed by atoms with Gasteiger partial charge in [-0.25, -0.2) is 0 Å². The second-order valence-electron chi connectivity index (χ2n) is 5.35. The molecular formula is C12H19N3O4. The van der Waals surface area contributed by atoms with Crippen LogP contribution < -0.4 is 0 Å². The maximum Gasteiger partial charge on any atom is 0.387 e. The van der Waals surface area contributed by atoms with Crippen LogP contribution in [0.1, 0.15) is 27.2 Å². The molecule has 1 fully saturated rings. The standard InChI is InChI=1S/C12H19N3O4/c1-5-11(15(17)18)13-14(12(2,3)4)7-10-6-9(16)8-19-10/h5,10H,1,6-8H2,2-4H3/b13-11+. The fraction of sp³-hybridized carbons (Fsp3) is 0.667. The molecule has 1 saturated heterocycles. The lowest BCUT2D eigenvalue weighted by Gasteiger charge is -2.29. The van der Waals surface area contributed by atoms with Gasteiger partial charge in [0.25, 0.3) is 0 Å². The number of carbonyl (C=O) groups is 1. The van der Waals surface area contributed by atoms with Crippen molar-refractivity contribution in [2.24, 2.45) is 5.10 Å². The van der Waals surface area contributed by atoms with Crippen LogP contribution in [0.2, 0.25) is 0 Å². The molecule has 1 rings (SSSR count). The molecule has 7 heteroatoms. The summed E-state index contributed by atoms with van der Waals surface area (Å²) in [7, 11) is 0. The van der Waals surface area contributed by atoms with E-state index in [2.05, 4.69) is 11.7 Å². The molecule has 0 spiro atoms. The molecule has 1 aliphatic heterocycles. The number of ether oxygens (including phenoxy) is 1. The highest BCUT2D eigenvalue weighted by Crippen LogP contribution is 2.19. The highest BCUT2D eigenvalue weighted by Gasteiger charge is 2.32. The number of hydrazone groups is 1. The number of rotatable bonds is 4. The zero-order valence-electron chi connectivity index (χ0n) is 11.5. The first-order valence-corrected chi connectivity index (χ1v) is 6.00. The van der Waals surface area contributed by atoms with E-state index in [1.54, 1.807) is 5.01 Å². The Kier molecular flexibility index (Phi) is 4.77. The van der Waals surface area contributed by atoms with Gasteiger partial charge in [0.05, 0.1) is 23.3 Å². The lowest BCUT2D eigenvalue weighted by atomic mass is 10.1. The van der Waals surface area contributed by atoms with Gasteiger partial charge in [-0.2, -0.15) is 5.01 Å². The van der Waals surface area contributed by atoms with E-state index in [0.717, 1.165) is 6.08 Å². The molecule has 7 nitrogen and oxygen atoms in total. The van der Waals surface area contributed by atoms with Gasteiger partial charge in [-0.15, -0.1) is 0 Å². The van der Waals surface area contributed by atoms with Gasteiger partial charge >= 0.3 is 5.84 Å². The van der Waals surface area contributed by atoms with E-state index in [1.165, 1.54) is 0 Å². The highest BCUT2D eigenvalue weighted by molar-refractivity contribution is 5.85. The minimum absolute atomic E-state index is 0.0426. The van der Waals surface area contributed by atoms with E-state index in [0.29, 0.717) is 13.0 Å². The van der Waals surface area contributed by atoms with E-state index >= 15 is 0 Å². The minimum atomic E-state index is -0.591. The van der Waals surface area contributed by atoms with Gasteiger partial charge in [-0.05, 0) is 25.7 Å². The molecule has 0 radical (unpaired) electrons. The molecule has 19 heavy (non-hydrogen) atoms. The number of nitro groups is 1. The molecule has 0 aromatic carbocycles. The van der Waals surface area contributed by atoms with Crippen LogP contribution in [0.3, 0.4) is 0 Å². The van der Waals surface area contributed by atoms with Crippen molar-refractivity contribution in [1.82, 2.24) is 5.01 Å². The lowest BCUT2D eigenvalue weighted by Crippen LogP contribution is -2.43. The number of Topliss-reactive ketones (excluding diaryl/α,β-unsaturated/α-hetero) is 1. The normalized spacial score (nSPS) is 20.5. The molecule has 1 aliphatic rings. The Bertz CT molecular complexity index is 412. The summed E-state index contributed by atoms with van der Waals surface area (Å²) < 4.78 is 5.31. The largest absolute Gasteiger partial charge is 0.387 e. The van der Waals surface area contributed by atoms with Gasteiger partial charge in [-0.3, -0.25) is 4.79 Å². The molecule has 1 atom stereocenters. The van der Waals surface area contributed by atoms with E-state index in [4.69, 9.17) is 4.74 Å². The second kappa shape index (κ2) is 5.92. The number of hydrogen-bond donors (Lipinski definition) is 0. The molecule has 0 bridgehead atoms. The Morgan fingerprint density at radius 3 is 2.68 bits per heavy atom. The van der Waals surface area contributed by atoms with Gasteiger partial charge in [-0.1, -0.05) is 6.58 Å². The van der Waals surface area contributed by atoms with Gasteiger partial charge in [0.2, 0.25) is 0 Å². The van der Waals surface area contributed by atoms with Crippen LogP contribution in [0.25, 0.3) is 0 Å². The van der Waals surface area contributed by atoms with Crippen LogP contribution >= 0.6 is 0 Å². The maximum atomic E-state index is 11.2. The molecular weight excluding hydrogens is 250 g/mol. The van der Waals surface area contributed by atoms with Gasteiger partial charge < -0.3 is 14.9 Å². The summed E-state index contributed by atoms with van der Waals surface area (Å²) in [5.41, 5.74) is -0.417. The maximum absolute atomic E-state index is 11.2. The number of nitrogens with zero attached hydrogens (tertiary/aromatic N) is 3. The summed E-state index contributed by atoms with van der Waals surface area (Å²) in [6.07, 6.45) is 1.15. The first-order valence-electron chi connectivity index (χ1n) is 6.00. The average molecular weight is 269 g/mol. The van der Waals surface area contributed by atoms with Crippen molar-refractivity contribution in [2.75, 3.05) is 13.2 Å². The summed E-state index contributed by atoms with van der Waals surface area (Å²) in [5.74, 6) is -0.277. The first kappa shape index (κ1) is 15.3. The Labute approximate surface area is 112 Å². The molecule has 106 valence electrons. The van der Waals surface area contributed by atoms with Gasteiger partial charge in [0, 0.05) is 12.5 Å². The summed E-state index contributed by atoms with van der Waals surface area (Å²) in [6.45, 7) is 9.47. The van der Waals surface area contributed by atoms with Gasteiger partial charge in [0.15, 0.2) is 5.78 Å². The van der Waals surface area contributed by atoms with Crippen LogP contribution in [0.5, 0.6) is 0 Å². The molecule has 0 N–H and O–H groups in total. The summed E-state index contributed by atoms with van der Waals surface area (Å²) in [4.78, 5) is 21.4. The monoisotopic (exact) mass is 269 g/mol. The van der Waals surface area contributed by atoms with Crippen molar-refractivity contribution in [1.29, 1.82) is 0 Å².